The molecule has 10 heteroatoms. The second-order valence-corrected chi connectivity index (χ2v) is 11.5. The Morgan fingerprint density at radius 1 is 0.650 bits per heavy atom. The van der Waals surface area contributed by atoms with Crippen LogP contribution >= 0.6 is 11.8 Å². The van der Waals surface area contributed by atoms with Gasteiger partial charge >= 0.3 is 0 Å². The highest BCUT2D eigenvalue weighted by atomic mass is 32.2. The molecule has 2 aromatic rings. The first-order valence-corrected chi connectivity index (χ1v) is 14.5. The van der Waals surface area contributed by atoms with Crippen molar-refractivity contribution in [2.75, 3.05) is 52.9 Å². The predicted molar refractivity (Wildman–Crippen MR) is 154 cm³/mol. The summed E-state index contributed by atoms with van der Waals surface area (Å²) in [4.78, 5) is 2.08. The van der Waals surface area contributed by atoms with Gasteiger partial charge in [0, 0.05) is 9.79 Å². The molecule has 0 radical (unpaired) electrons. The van der Waals surface area contributed by atoms with Gasteiger partial charge < -0.3 is 44.1 Å². The van der Waals surface area contributed by atoms with Crippen molar-refractivity contribution in [3.63, 3.8) is 0 Å². The lowest BCUT2D eigenvalue weighted by Gasteiger charge is -2.34. The van der Waals surface area contributed by atoms with E-state index in [2.05, 4.69) is 0 Å². The fourth-order valence-corrected chi connectivity index (χ4v) is 4.48. The quantitative estimate of drug-likeness (QED) is 0.172. The lowest BCUT2D eigenvalue weighted by Crippen LogP contribution is -2.44. The number of hydrogen-bond acceptors (Lipinski definition) is 10. The molecule has 0 aromatic heterocycles. The number of hydrogen-bond donors (Lipinski definition) is 4. The Morgan fingerprint density at radius 2 is 1.05 bits per heavy atom. The minimum Gasteiger partial charge on any atom is -0.508 e. The Hall–Kier alpha value is -1.89. The fourth-order valence-electron chi connectivity index (χ4n) is 3.66. The van der Waals surface area contributed by atoms with Crippen LogP contribution in [0, 0.1) is 5.41 Å². The second kappa shape index (κ2) is 18.5. The predicted octanol–water partition coefficient (Wildman–Crippen LogP) is 3.90. The van der Waals surface area contributed by atoms with E-state index in [1.807, 2.05) is 43.3 Å². The van der Waals surface area contributed by atoms with Crippen LogP contribution in [0.2, 0.25) is 0 Å². The van der Waals surface area contributed by atoms with Gasteiger partial charge in [0.2, 0.25) is 0 Å². The van der Waals surface area contributed by atoms with Crippen molar-refractivity contribution in [3.05, 3.63) is 48.5 Å². The van der Waals surface area contributed by atoms with E-state index in [0.29, 0.717) is 6.61 Å². The lowest BCUT2D eigenvalue weighted by molar-refractivity contribution is -0.128. The van der Waals surface area contributed by atoms with Crippen molar-refractivity contribution in [3.8, 4) is 11.5 Å². The molecule has 9 nitrogen and oxygen atoms in total. The summed E-state index contributed by atoms with van der Waals surface area (Å²) in [5, 5.41) is 38.4. The van der Waals surface area contributed by atoms with Gasteiger partial charge in [-0.15, -0.1) is 0 Å². The van der Waals surface area contributed by atoms with Gasteiger partial charge in [0.05, 0.1) is 76.6 Å². The van der Waals surface area contributed by atoms with Crippen molar-refractivity contribution in [2.24, 2.45) is 5.41 Å². The Kier molecular flexibility index (Phi) is 15.9. The molecule has 0 aliphatic heterocycles. The van der Waals surface area contributed by atoms with E-state index in [1.54, 1.807) is 44.7 Å². The van der Waals surface area contributed by atoms with E-state index in [1.165, 1.54) is 0 Å². The van der Waals surface area contributed by atoms with Gasteiger partial charge in [-0.05, 0) is 75.7 Å². The van der Waals surface area contributed by atoms with E-state index in [-0.39, 0.29) is 58.1 Å². The monoisotopic (exact) mass is 582 g/mol. The topological polar surface area (TPSA) is 127 Å². The zero-order valence-corrected chi connectivity index (χ0v) is 24.8. The largest absolute Gasteiger partial charge is 0.508 e. The van der Waals surface area contributed by atoms with Crippen molar-refractivity contribution < 1.29 is 44.1 Å². The van der Waals surface area contributed by atoms with E-state index >= 15 is 0 Å². The van der Waals surface area contributed by atoms with E-state index < -0.39 is 23.7 Å². The standard InChI is InChI=1S/C30H46O9S/c1-5-26(39-27-8-12-29(13-9-27)40-28-10-6-25(34)7-11-28)17-38-21-30(18-35-14-22(2)31,19-36-15-23(3)32)20-37-16-24(4)33/h6-13,22-24,26,31-34H,5,14-21H2,1-4H3. The van der Waals surface area contributed by atoms with Crippen LogP contribution in [0.15, 0.2) is 58.3 Å². The van der Waals surface area contributed by atoms with Crippen LogP contribution in [0.4, 0.5) is 0 Å². The van der Waals surface area contributed by atoms with Gasteiger partial charge in [-0.3, -0.25) is 0 Å². The van der Waals surface area contributed by atoms with Crippen molar-refractivity contribution >= 4 is 11.8 Å². The summed E-state index contributed by atoms with van der Waals surface area (Å²) < 4.78 is 29.6. The lowest BCUT2D eigenvalue weighted by atomic mass is 9.92. The number of ether oxygens (including phenoxy) is 5. The molecule has 226 valence electrons. The van der Waals surface area contributed by atoms with E-state index in [9.17, 15) is 20.4 Å². The van der Waals surface area contributed by atoms with Crippen LogP contribution in [0.1, 0.15) is 34.1 Å². The molecule has 0 fully saturated rings. The fraction of sp³-hybridized carbons (Fsp3) is 0.600. The zero-order chi connectivity index (χ0) is 29.4. The van der Waals surface area contributed by atoms with Gasteiger partial charge in [0.1, 0.15) is 17.6 Å². The zero-order valence-electron chi connectivity index (χ0n) is 24.0. The summed E-state index contributed by atoms with van der Waals surface area (Å²) in [6, 6.07) is 14.9. The van der Waals surface area contributed by atoms with Crippen LogP contribution in [0.25, 0.3) is 0 Å². The van der Waals surface area contributed by atoms with Gasteiger partial charge in [-0.25, -0.2) is 0 Å². The van der Waals surface area contributed by atoms with Crippen LogP contribution in [0.3, 0.4) is 0 Å². The number of rotatable bonds is 21. The molecule has 0 heterocycles. The highest BCUT2D eigenvalue weighted by molar-refractivity contribution is 7.99. The highest BCUT2D eigenvalue weighted by Gasteiger charge is 2.33. The minimum absolute atomic E-state index is 0.149. The smallest absolute Gasteiger partial charge is 0.122 e. The average Bonchev–Trinajstić information content (AvgIpc) is 2.89. The molecule has 2 aromatic carbocycles. The number of benzene rings is 2. The maximum absolute atomic E-state index is 9.66. The van der Waals surface area contributed by atoms with Crippen LogP contribution in [-0.2, 0) is 18.9 Å². The van der Waals surface area contributed by atoms with Gasteiger partial charge in [-0.1, -0.05) is 18.7 Å². The molecule has 40 heavy (non-hydrogen) atoms. The normalized spacial score (nSPS) is 16.2. The number of aliphatic hydroxyl groups excluding tert-OH is 3. The molecule has 2 rings (SSSR count). The molecule has 4 atom stereocenters. The van der Waals surface area contributed by atoms with Crippen LogP contribution in [-0.4, -0.2) is 97.7 Å². The van der Waals surface area contributed by atoms with Crippen LogP contribution in [0.5, 0.6) is 11.5 Å². The molecular formula is C30H46O9S. The summed E-state index contributed by atoms with van der Waals surface area (Å²) in [7, 11) is 0. The molecule has 0 aliphatic rings. The third kappa shape index (κ3) is 14.1. The first-order chi connectivity index (χ1) is 19.1. The van der Waals surface area contributed by atoms with Crippen LogP contribution < -0.4 is 4.74 Å². The van der Waals surface area contributed by atoms with Gasteiger partial charge in [-0.2, -0.15) is 0 Å². The summed E-state index contributed by atoms with van der Waals surface area (Å²) in [6.45, 7) is 8.58. The third-order valence-corrected chi connectivity index (χ3v) is 6.68. The second-order valence-electron chi connectivity index (χ2n) is 10.3. The Labute approximate surface area is 242 Å². The number of aromatic hydroxyl groups is 1. The molecule has 0 saturated heterocycles. The molecule has 0 amide bonds. The molecule has 4 unspecified atom stereocenters. The Bertz CT molecular complexity index is 884. The number of phenols is 1. The first-order valence-electron chi connectivity index (χ1n) is 13.7. The molecular weight excluding hydrogens is 536 g/mol. The van der Waals surface area contributed by atoms with Gasteiger partial charge in [0.15, 0.2) is 0 Å². The minimum atomic E-state index is -0.718. The molecule has 0 aliphatic carbocycles. The number of aliphatic hydroxyl groups is 3. The highest BCUT2D eigenvalue weighted by Crippen LogP contribution is 2.30. The third-order valence-electron chi connectivity index (χ3n) is 5.67. The first kappa shape index (κ1) is 34.3. The summed E-state index contributed by atoms with van der Waals surface area (Å²) in [5.41, 5.74) is -0.718. The summed E-state index contributed by atoms with van der Waals surface area (Å²) in [5.74, 6) is 0.975. The molecule has 4 N–H and O–H groups in total. The van der Waals surface area contributed by atoms with Crippen molar-refractivity contribution in [1.82, 2.24) is 0 Å². The average molecular weight is 583 g/mol. The van der Waals surface area contributed by atoms with Gasteiger partial charge in [0.25, 0.3) is 0 Å². The SMILES string of the molecule is CCC(COCC(COCC(C)O)(COCC(C)O)COCC(C)O)Oc1ccc(Sc2ccc(O)cc2)cc1. The summed E-state index contributed by atoms with van der Waals surface area (Å²) >= 11 is 1.60. The van der Waals surface area contributed by atoms with E-state index in [0.717, 1.165) is 22.0 Å². The molecule has 0 bridgehead atoms. The molecule has 0 saturated carbocycles. The Balaban J connectivity index is 1.98. The van der Waals surface area contributed by atoms with Crippen molar-refractivity contribution in [2.45, 2.75) is 68.3 Å². The maximum atomic E-state index is 9.66. The maximum Gasteiger partial charge on any atom is 0.122 e. The molecule has 0 spiro atoms. The van der Waals surface area contributed by atoms with Crippen molar-refractivity contribution in [1.29, 1.82) is 0 Å². The summed E-state index contributed by atoms with van der Waals surface area (Å²) in [6.07, 6.45) is -1.34. The Morgan fingerprint density at radius 3 is 1.45 bits per heavy atom. The van der Waals surface area contributed by atoms with E-state index in [4.69, 9.17) is 23.7 Å². The number of phenolic OH excluding ortho intramolecular Hbond substituents is 1.